The van der Waals surface area contributed by atoms with Gasteiger partial charge in [-0.1, -0.05) is 0 Å². The molecule has 1 aromatic rings. The van der Waals surface area contributed by atoms with Crippen molar-refractivity contribution >= 4 is 5.91 Å². The number of hydrazine groups is 1. The molecule has 0 radical (unpaired) electrons. The molecule has 1 heterocycles. The Morgan fingerprint density at radius 3 is 2.71 bits per heavy atom. The van der Waals surface area contributed by atoms with Gasteiger partial charge < -0.3 is 0 Å². The number of amides is 1. The first-order valence-corrected chi connectivity index (χ1v) is 5.17. The summed E-state index contributed by atoms with van der Waals surface area (Å²) >= 11 is 0. The second-order valence-corrected chi connectivity index (χ2v) is 4.18. The van der Waals surface area contributed by atoms with E-state index < -0.39 is 11.4 Å². The van der Waals surface area contributed by atoms with E-state index in [1.165, 1.54) is 29.9 Å². The van der Waals surface area contributed by atoms with E-state index >= 15 is 0 Å². The van der Waals surface area contributed by atoms with Crippen molar-refractivity contribution in [3.8, 4) is 6.07 Å². The normalized spacial score (nSPS) is 16.1. The number of aromatic nitrogens is 1. The van der Waals surface area contributed by atoms with Crippen LogP contribution < -0.4 is 11.4 Å². The zero-order chi connectivity index (χ0) is 12.6. The van der Waals surface area contributed by atoms with E-state index in [1.807, 2.05) is 0 Å². The number of nitrogens with two attached hydrogens (primary N) is 1. The van der Waals surface area contributed by atoms with E-state index in [9.17, 15) is 9.59 Å². The topological polar surface area (TPSA) is 92.1 Å². The Kier molecular flexibility index (Phi) is 2.48. The van der Waals surface area contributed by atoms with E-state index in [4.69, 9.17) is 11.1 Å². The Bertz CT molecular complexity index is 564. The summed E-state index contributed by atoms with van der Waals surface area (Å²) in [6.07, 6.45) is 2.83. The van der Waals surface area contributed by atoms with Crippen LogP contribution in [-0.2, 0) is 5.54 Å². The van der Waals surface area contributed by atoms with Gasteiger partial charge in [-0.05, 0) is 18.9 Å². The highest BCUT2D eigenvalue weighted by Gasteiger charge is 2.45. The molecule has 0 atom stereocenters. The minimum Gasteiger partial charge on any atom is -0.296 e. The minimum atomic E-state index is -0.701. The first-order chi connectivity index (χ1) is 8.00. The lowest BCUT2D eigenvalue weighted by Crippen LogP contribution is -2.35. The van der Waals surface area contributed by atoms with E-state index in [2.05, 4.69) is 6.07 Å². The van der Waals surface area contributed by atoms with Gasteiger partial charge in [0.15, 0.2) is 0 Å². The summed E-state index contributed by atoms with van der Waals surface area (Å²) < 4.78 is 1.38. The second kappa shape index (κ2) is 3.71. The van der Waals surface area contributed by atoms with Gasteiger partial charge in [-0.15, -0.1) is 0 Å². The number of nitriles is 1. The number of hydrogen-bond acceptors (Lipinski definition) is 4. The molecule has 2 rings (SSSR count). The van der Waals surface area contributed by atoms with Crippen molar-refractivity contribution in [1.29, 1.82) is 5.26 Å². The van der Waals surface area contributed by atoms with Crippen molar-refractivity contribution in [1.82, 2.24) is 9.58 Å². The zero-order valence-electron chi connectivity index (χ0n) is 9.38. The lowest BCUT2D eigenvalue weighted by Gasteiger charge is -2.13. The van der Waals surface area contributed by atoms with Gasteiger partial charge in [0.1, 0.15) is 5.54 Å². The Balaban J connectivity index is 2.41. The van der Waals surface area contributed by atoms with Crippen molar-refractivity contribution in [3.63, 3.8) is 0 Å². The summed E-state index contributed by atoms with van der Waals surface area (Å²) in [5, 5.41) is 9.91. The predicted octanol–water partition coefficient (Wildman–Crippen LogP) is -0.193. The number of carbonyl (C=O) groups is 1. The van der Waals surface area contributed by atoms with Crippen LogP contribution in [0.1, 0.15) is 23.2 Å². The SMILES string of the molecule is CN(N)C(=O)c1ccn(C2(C#N)CC2)c(=O)c1. The summed E-state index contributed by atoms with van der Waals surface area (Å²) in [5.74, 6) is 4.87. The molecule has 0 aromatic carbocycles. The monoisotopic (exact) mass is 232 g/mol. The highest BCUT2D eigenvalue weighted by molar-refractivity contribution is 5.93. The molecule has 1 amide bonds. The molecule has 2 N–H and O–H groups in total. The van der Waals surface area contributed by atoms with Crippen LogP contribution in [0.15, 0.2) is 23.1 Å². The Hall–Kier alpha value is -2.13. The first kappa shape index (κ1) is 11.4. The maximum absolute atomic E-state index is 11.8. The Morgan fingerprint density at radius 1 is 1.65 bits per heavy atom. The fourth-order valence-corrected chi connectivity index (χ4v) is 1.69. The molecule has 0 spiro atoms. The molecular formula is C11H12N4O2. The number of rotatable bonds is 2. The van der Waals surface area contributed by atoms with Gasteiger partial charge in [0.2, 0.25) is 0 Å². The number of carbonyl (C=O) groups excluding carboxylic acids is 1. The summed E-state index contributed by atoms with van der Waals surface area (Å²) in [6, 6.07) is 4.84. The van der Waals surface area contributed by atoms with E-state index in [0.29, 0.717) is 12.8 Å². The van der Waals surface area contributed by atoms with Crippen LogP contribution in [0.2, 0.25) is 0 Å². The maximum Gasteiger partial charge on any atom is 0.267 e. The molecule has 1 fully saturated rings. The lowest BCUT2D eigenvalue weighted by atomic mass is 10.2. The molecule has 6 heteroatoms. The zero-order valence-corrected chi connectivity index (χ0v) is 9.38. The van der Waals surface area contributed by atoms with Crippen molar-refractivity contribution in [3.05, 3.63) is 34.2 Å². The third kappa shape index (κ3) is 1.81. The minimum absolute atomic E-state index is 0.227. The molecule has 1 aliphatic carbocycles. The largest absolute Gasteiger partial charge is 0.296 e. The molecule has 1 aromatic heterocycles. The van der Waals surface area contributed by atoms with Crippen molar-refractivity contribution in [2.45, 2.75) is 18.4 Å². The van der Waals surface area contributed by atoms with Crippen LogP contribution in [0.3, 0.4) is 0 Å². The molecule has 1 saturated carbocycles. The van der Waals surface area contributed by atoms with Gasteiger partial charge in [-0.25, -0.2) is 5.84 Å². The smallest absolute Gasteiger partial charge is 0.267 e. The van der Waals surface area contributed by atoms with E-state index in [1.54, 1.807) is 0 Å². The van der Waals surface area contributed by atoms with Crippen LogP contribution in [-0.4, -0.2) is 22.5 Å². The summed E-state index contributed by atoms with van der Waals surface area (Å²) in [5.41, 5.74) is -0.825. The average Bonchev–Trinajstić information content (AvgIpc) is 3.08. The Morgan fingerprint density at radius 2 is 2.29 bits per heavy atom. The Labute approximate surface area is 97.8 Å². The van der Waals surface area contributed by atoms with E-state index in [-0.39, 0.29) is 11.1 Å². The van der Waals surface area contributed by atoms with Gasteiger partial charge in [-0.3, -0.25) is 19.2 Å². The molecule has 0 unspecified atom stereocenters. The third-order valence-electron chi connectivity index (χ3n) is 2.88. The summed E-state index contributed by atoms with van der Waals surface area (Å²) in [6.45, 7) is 0. The third-order valence-corrected chi connectivity index (χ3v) is 2.88. The van der Waals surface area contributed by atoms with Crippen LogP contribution in [0.25, 0.3) is 0 Å². The van der Waals surface area contributed by atoms with Gasteiger partial charge in [0.25, 0.3) is 11.5 Å². The highest BCUT2D eigenvalue weighted by Crippen LogP contribution is 2.41. The van der Waals surface area contributed by atoms with Crippen LogP contribution in [0.5, 0.6) is 0 Å². The number of pyridine rings is 1. The lowest BCUT2D eigenvalue weighted by molar-refractivity contribution is 0.0794. The quantitative estimate of drug-likeness (QED) is 0.434. The molecule has 0 bridgehead atoms. The predicted molar refractivity (Wildman–Crippen MR) is 59.8 cm³/mol. The van der Waals surface area contributed by atoms with Gasteiger partial charge >= 0.3 is 0 Å². The second-order valence-electron chi connectivity index (χ2n) is 4.18. The molecule has 1 aliphatic rings. The van der Waals surface area contributed by atoms with Gasteiger partial charge in [-0.2, -0.15) is 5.26 Å². The highest BCUT2D eigenvalue weighted by atomic mass is 16.2. The van der Waals surface area contributed by atoms with Crippen LogP contribution in [0.4, 0.5) is 0 Å². The van der Waals surface area contributed by atoms with E-state index in [0.717, 1.165) is 5.01 Å². The number of hydrogen-bond donors (Lipinski definition) is 1. The molecule has 17 heavy (non-hydrogen) atoms. The summed E-state index contributed by atoms with van der Waals surface area (Å²) in [4.78, 5) is 23.3. The standard InChI is InChI=1S/C11H12N4O2/c1-14(13)10(17)8-2-5-15(9(16)6-8)11(7-12)3-4-11/h2,5-6H,3-4,13H2,1H3. The molecular weight excluding hydrogens is 220 g/mol. The first-order valence-electron chi connectivity index (χ1n) is 5.17. The van der Waals surface area contributed by atoms with Crippen LogP contribution in [0, 0.1) is 11.3 Å². The number of nitrogens with zero attached hydrogens (tertiary/aromatic N) is 3. The van der Waals surface area contributed by atoms with Gasteiger partial charge in [0, 0.05) is 24.9 Å². The molecule has 88 valence electrons. The van der Waals surface area contributed by atoms with Gasteiger partial charge in [0.05, 0.1) is 6.07 Å². The molecule has 0 saturated heterocycles. The van der Waals surface area contributed by atoms with Crippen LogP contribution >= 0.6 is 0 Å². The van der Waals surface area contributed by atoms with Crippen molar-refractivity contribution in [2.24, 2.45) is 5.84 Å². The fraction of sp³-hybridized carbons (Fsp3) is 0.364. The summed E-state index contributed by atoms with van der Waals surface area (Å²) in [7, 11) is 1.41. The molecule has 0 aliphatic heterocycles. The fourth-order valence-electron chi connectivity index (χ4n) is 1.69. The van der Waals surface area contributed by atoms with Crippen molar-refractivity contribution < 1.29 is 4.79 Å². The average molecular weight is 232 g/mol. The van der Waals surface area contributed by atoms with Crippen molar-refractivity contribution in [2.75, 3.05) is 7.05 Å². The maximum atomic E-state index is 11.8. The molecule has 6 nitrogen and oxygen atoms in total.